The Labute approximate surface area is 126 Å². The first kappa shape index (κ1) is 16.1. The summed E-state index contributed by atoms with van der Waals surface area (Å²) >= 11 is 0. The molecule has 0 fully saturated rings. The molecule has 0 aliphatic carbocycles. The average Bonchev–Trinajstić information content (AvgIpc) is 2.41. The van der Waals surface area contributed by atoms with Gasteiger partial charge in [-0.2, -0.15) is 0 Å². The first-order valence-corrected chi connectivity index (χ1v) is 6.71. The Morgan fingerprint density at radius 1 is 1.09 bits per heavy atom. The largest absolute Gasteiger partial charge is 0.507 e. The van der Waals surface area contributed by atoms with Gasteiger partial charge in [0.15, 0.2) is 11.6 Å². The quantitative estimate of drug-likeness (QED) is 0.624. The summed E-state index contributed by atoms with van der Waals surface area (Å²) in [5.41, 5.74) is 0.293. The Morgan fingerprint density at radius 3 is 2.41 bits per heavy atom. The van der Waals surface area contributed by atoms with Crippen molar-refractivity contribution in [2.24, 2.45) is 4.99 Å². The van der Waals surface area contributed by atoms with Crippen LogP contribution in [0.3, 0.4) is 0 Å². The molecule has 0 atom stereocenters. The lowest BCUT2D eigenvalue weighted by atomic mass is 9.85. The number of halogens is 3. The van der Waals surface area contributed by atoms with Crippen LogP contribution in [0.25, 0.3) is 0 Å². The highest BCUT2D eigenvalue weighted by molar-refractivity contribution is 5.86. The number of phenols is 1. The van der Waals surface area contributed by atoms with Gasteiger partial charge in [-0.25, -0.2) is 13.2 Å². The van der Waals surface area contributed by atoms with E-state index in [1.165, 1.54) is 6.21 Å². The second-order valence-corrected chi connectivity index (χ2v) is 5.97. The monoisotopic (exact) mass is 307 g/mol. The van der Waals surface area contributed by atoms with Gasteiger partial charge >= 0.3 is 0 Å². The zero-order chi connectivity index (χ0) is 16.5. The second-order valence-electron chi connectivity index (χ2n) is 5.97. The minimum atomic E-state index is -1.31. The summed E-state index contributed by atoms with van der Waals surface area (Å²) in [6.07, 6.45) is 1.18. The normalized spacial score (nSPS) is 12.1. The number of hydrogen-bond acceptors (Lipinski definition) is 2. The molecule has 116 valence electrons. The first-order chi connectivity index (χ1) is 10.2. The highest BCUT2D eigenvalue weighted by Gasteiger charge is 2.19. The van der Waals surface area contributed by atoms with E-state index < -0.39 is 23.1 Å². The third kappa shape index (κ3) is 3.30. The number of para-hydroxylation sites is 1. The van der Waals surface area contributed by atoms with Gasteiger partial charge in [-0.15, -0.1) is 0 Å². The van der Waals surface area contributed by atoms with Crippen molar-refractivity contribution in [1.82, 2.24) is 0 Å². The van der Waals surface area contributed by atoms with Crippen molar-refractivity contribution in [3.63, 3.8) is 0 Å². The van der Waals surface area contributed by atoms with E-state index in [9.17, 15) is 18.3 Å². The fraction of sp³-hybridized carbons (Fsp3) is 0.235. The molecule has 0 heterocycles. The molecule has 0 saturated heterocycles. The van der Waals surface area contributed by atoms with Crippen molar-refractivity contribution in [3.8, 4) is 5.75 Å². The number of aromatic hydroxyl groups is 1. The van der Waals surface area contributed by atoms with Crippen molar-refractivity contribution in [2.45, 2.75) is 26.2 Å². The van der Waals surface area contributed by atoms with Crippen LogP contribution < -0.4 is 0 Å². The Hall–Kier alpha value is -2.30. The van der Waals surface area contributed by atoms with E-state index in [0.717, 1.165) is 6.07 Å². The molecule has 22 heavy (non-hydrogen) atoms. The lowest BCUT2D eigenvalue weighted by Crippen LogP contribution is -2.11. The number of phenolic OH excluding ortho intramolecular Hbond substituents is 1. The molecule has 0 bridgehead atoms. The van der Waals surface area contributed by atoms with Gasteiger partial charge in [0.25, 0.3) is 0 Å². The van der Waals surface area contributed by atoms with Crippen LogP contribution >= 0.6 is 0 Å². The van der Waals surface area contributed by atoms with Crippen molar-refractivity contribution >= 4 is 11.9 Å². The molecule has 0 unspecified atom stereocenters. The lowest BCUT2D eigenvalue weighted by molar-refractivity contribution is 0.446. The molecular weight excluding hydrogens is 291 g/mol. The van der Waals surface area contributed by atoms with E-state index >= 15 is 0 Å². The maximum atomic E-state index is 13.5. The van der Waals surface area contributed by atoms with Gasteiger partial charge in [0.1, 0.15) is 17.3 Å². The molecule has 0 saturated carbocycles. The number of nitrogens with zero attached hydrogens (tertiary/aromatic N) is 1. The van der Waals surface area contributed by atoms with Gasteiger partial charge in [-0.1, -0.05) is 32.9 Å². The van der Waals surface area contributed by atoms with E-state index in [0.29, 0.717) is 17.2 Å². The van der Waals surface area contributed by atoms with Crippen LogP contribution in [0.2, 0.25) is 0 Å². The van der Waals surface area contributed by atoms with Gasteiger partial charge in [-0.05, 0) is 17.0 Å². The van der Waals surface area contributed by atoms with Gasteiger partial charge in [0.2, 0.25) is 0 Å². The van der Waals surface area contributed by atoms with Crippen LogP contribution in [0.1, 0.15) is 31.9 Å². The number of benzene rings is 2. The second kappa shape index (κ2) is 5.83. The summed E-state index contributed by atoms with van der Waals surface area (Å²) in [5.74, 6) is -3.45. The molecule has 0 aliphatic heterocycles. The van der Waals surface area contributed by atoms with Crippen molar-refractivity contribution in [1.29, 1.82) is 0 Å². The van der Waals surface area contributed by atoms with Crippen LogP contribution in [0, 0.1) is 17.5 Å². The smallest absolute Gasteiger partial charge is 0.184 e. The number of aliphatic imine (C=N–C) groups is 1. The molecule has 0 amide bonds. The maximum Gasteiger partial charge on any atom is 0.184 e. The van der Waals surface area contributed by atoms with Gasteiger partial charge in [-0.3, -0.25) is 4.99 Å². The molecule has 0 spiro atoms. The molecular formula is C17H16F3NO. The predicted octanol–water partition coefficient (Wildman–Crippen LogP) is 4.86. The zero-order valence-electron chi connectivity index (χ0n) is 12.5. The Balaban J connectivity index is 2.44. The van der Waals surface area contributed by atoms with Crippen LogP contribution in [-0.2, 0) is 5.41 Å². The molecule has 2 aromatic carbocycles. The van der Waals surface area contributed by atoms with E-state index in [4.69, 9.17) is 0 Å². The van der Waals surface area contributed by atoms with Crippen LogP contribution in [0.15, 0.2) is 35.3 Å². The highest BCUT2D eigenvalue weighted by atomic mass is 19.2. The summed E-state index contributed by atoms with van der Waals surface area (Å²) in [6, 6.07) is 6.33. The van der Waals surface area contributed by atoms with Crippen molar-refractivity contribution in [2.75, 3.05) is 0 Å². The first-order valence-electron chi connectivity index (χ1n) is 6.71. The minimum absolute atomic E-state index is 0.0102. The molecule has 5 heteroatoms. The summed E-state index contributed by atoms with van der Waals surface area (Å²) in [6.45, 7) is 5.81. The fourth-order valence-corrected chi connectivity index (χ4v) is 2.05. The van der Waals surface area contributed by atoms with Gasteiger partial charge < -0.3 is 5.11 Å². The minimum Gasteiger partial charge on any atom is -0.507 e. The third-order valence-corrected chi connectivity index (χ3v) is 3.19. The summed E-state index contributed by atoms with van der Waals surface area (Å²) in [4.78, 5) is 3.74. The SMILES string of the molecule is CC(C)(C)c1cccc(C=Nc2cc(F)cc(F)c2F)c1O. The summed E-state index contributed by atoms with van der Waals surface area (Å²) in [5, 5.41) is 10.2. The molecule has 2 aromatic rings. The predicted molar refractivity (Wildman–Crippen MR) is 80.4 cm³/mol. The maximum absolute atomic E-state index is 13.5. The van der Waals surface area contributed by atoms with Crippen molar-refractivity contribution < 1.29 is 18.3 Å². The van der Waals surface area contributed by atoms with E-state index in [-0.39, 0.29) is 11.2 Å². The van der Waals surface area contributed by atoms with Gasteiger partial charge in [0.05, 0.1) is 0 Å². The Bertz CT molecular complexity index is 733. The van der Waals surface area contributed by atoms with E-state index in [2.05, 4.69) is 4.99 Å². The lowest BCUT2D eigenvalue weighted by Gasteiger charge is -2.21. The third-order valence-electron chi connectivity index (χ3n) is 3.19. The molecule has 0 aromatic heterocycles. The van der Waals surface area contributed by atoms with Gasteiger partial charge in [0, 0.05) is 23.9 Å². The Kier molecular flexibility index (Phi) is 4.26. The Morgan fingerprint density at radius 2 is 1.77 bits per heavy atom. The van der Waals surface area contributed by atoms with E-state index in [1.807, 2.05) is 20.8 Å². The van der Waals surface area contributed by atoms with Crippen LogP contribution in [0.5, 0.6) is 5.75 Å². The summed E-state index contributed by atoms with van der Waals surface area (Å²) < 4.78 is 39.8. The molecule has 2 rings (SSSR count). The van der Waals surface area contributed by atoms with Crippen molar-refractivity contribution in [3.05, 3.63) is 58.9 Å². The number of rotatable bonds is 2. The van der Waals surface area contributed by atoms with Crippen LogP contribution in [-0.4, -0.2) is 11.3 Å². The average molecular weight is 307 g/mol. The molecule has 0 aliphatic rings. The topological polar surface area (TPSA) is 32.6 Å². The molecule has 0 radical (unpaired) electrons. The van der Waals surface area contributed by atoms with E-state index in [1.54, 1.807) is 18.2 Å². The fourth-order valence-electron chi connectivity index (χ4n) is 2.05. The standard InChI is InChI=1S/C17H16F3NO/c1-17(2,3)12-6-4-5-10(16(12)22)9-21-14-8-11(18)7-13(19)15(14)20/h4-9,22H,1-3H3. The molecule has 1 N–H and O–H groups in total. The zero-order valence-corrected chi connectivity index (χ0v) is 12.5. The summed E-state index contributed by atoms with van der Waals surface area (Å²) in [7, 11) is 0. The van der Waals surface area contributed by atoms with Crippen LogP contribution in [0.4, 0.5) is 18.9 Å². The highest BCUT2D eigenvalue weighted by Crippen LogP contribution is 2.32. The molecule has 2 nitrogen and oxygen atoms in total. The number of hydrogen-bond donors (Lipinski definition) is 1.